The van der Waals surface area contributed by atoms with Crippen molar-refractivity contribution >= 4 is 17.3 Å². The van der Waals surface area contributed by atoms with Crippen molar-refractivity contribution in [2.75, 3.05) is 5.32 Å². The van der Waals surface area contributed by atoms with Crippen LogP contribution in [0.5, 0.6) is 0 Å². The van der Waals surface area contributed by atoms with Crippen LogP contribution in [-0.2, 0) is 6.54 Å². The van der Waals surface area contributed by atoms with Crippen LogP contribution in [0.2, 0.25) is 0 Å². The molecule has 2 heterocycles. The lowest BCUT2D eigenvalue weighted by molar-refractivity contribution is 0.614. The van der Waals surface area contributed by atoms with Crippen LogP contribution in [-0.4, -0.2) is 15.0 Å². The van der Waals surface area contributed by atoms with Gasteiger partial charge in [0.2, 0.25) is 5.95 Å². The Bertz CT molecular complexity index is 440. The summed E-state index contributed by atoms with van der Waals surface area (Å²) in [5, 5.41) is 5.94. The molecule has 0 aromatic carbocycles. The molecule has 0 spiro atoms. The number of halogens is 1. The predicted octanol–water partition coefficient (Wildman–Crippen LogP) is 1.99. The van der Waals surface area contributed by atoms with Gasteiger partial charge in [-0.15, -0.1) is 11.3 Å². The number of rotatable bonds is 3. The van der Waals surface area contributed by atoms with Crippen molar-refractivity contribution in [3.63, 3.8) is 0 Å². The largest absolute Gasteiger partial charge is 0.349 e. The molecule has 0 amide bonds. The standard InChI is InChI=1S/C9H9FN4S/c1-6-14-8(5-15-6)4-13-9-11-2-7(10)3-12-9/h2-3,5H,4H2,1H3,(H,11,12,13). The van der Waals surface area contributed by atoms with E-state index in [-0.39, 0.29) is 0 Å². The maximum atomic E-state index is 12.5. The summed E-state index contributed by atoms with van der Waals surface area (Å²) < 4.78 is 12.5. The summed E-state index contributed by atoms with van der Waals surface area (Å²) in [4.78, 5) is 11.8. The molecule has 6 heteroatoms. The zero-order valence-electron chi connectivity index (χ0n) is 8.07. The molecule has 0 atom stereocenters. The highest BCUT2D eigenvalue weighted by Crippen LogP contribution is 2.09. The summed E-state index contributed by atoms with van der Waals surface area (Å²) >= 11 is 1.59. The first kappa shape index (κ1) is 9.97. The van der Waals surface area contributed by atoms with Crippen molar-refractivity contribution in [2.45, 2.75) is 13.5 Å². The Kier molecular flexibility index (Phi) is 2.86. The molecular weight excluding hydrogens is 215 g/mol. The van der Waals surface area contributed by atoms with E-state index >= 15 is 0 Å². The Morgan fingerprint density at radius 3 is 2.73 bits per heavy atom. The summed E-state index contributed by atoms with van der Waals surface area (Å²) in [6.45, 7) is 2.50. The van der Waals surface area contributed by atoms with Crippen LogP contribution in [0, 0.1) is 12.7 Å². The molecule has 0 radical (unpaired) electrons. The second-order valence-corrected chi connectivity index (χ2v) is 4.00. The molecule has 0 aliphatic rings. The fourth-order valence-corrected chi connectivity index (χ4v) is 1.68. The van der Waals surface area contributed by atoms with E-state index in [1.54, 1.807) is 11.3 Å². The van der Waals surface area contributed by atoms with Crippen molar-refractivity contribution in [3.05, 3.63) is 34.3 Å². The third kappa shape index (κ3) is 2.69. The lowest BCUT2D eigenvalue weighted by Gasteiger charge is -2.00. The molecule has 0 saturated carbocycles. The summed E-state index contributed by atoms with van der Waals surface area (Å²) in [6.07, 6.45) is 2.25. The number of aromatic nitrogens is 3. The molecule has 78 valence electrons. The Labute approximate surface area is 90.2 Å². The van der Waals surface area contributed by atoms with E-state index in [2.05, 4.69) is 20.3 Å². The van der Waals surface area contributed by atoms with E-state index in [1.165, 1.54) is 0 Å². The minimum Gasteiger partial charge on any atom is -0.349 e. The van der Waals surface area contributed by atoms with Gasteiger partial charge in [-0.05, 0) is 6.92 Å². The van der Waals surface area contributed by atoms with Gasteiger partial charge in [0.25, 0.3) is 0 Å². The molecule has 0 saturated heterocycles. The maximum absolute atomic E-state index is 12.5. The van der Waals surface area contributed by atoms with Gasteiger partial charge in [0.1, 0.15) is 0 Å². The molecule has 2 rings (SSSR count). The Morgan fingerprint density at radius 1 is 1.40 bits per heavy atom. The minimum absolute atomic E-state index is 0.405. The Balaban J connectivity index is 1.96. The van der Waals surface area contributed by atoms with Crippen LogP contribution in [0.15, 0.2) is 17.8 Å². The topological polar surface area (TPSA) is 50.7 Å². The first-order valence-electron chi connectivity index (χ1n) is 4.36. The fourth-order valence-electron chi connectivity index (χ4n) is 1.06. The first-order valence-corrected chi connectivity index (χ1v) is 5.24. The molecule has 0 bridgehead atoms. The predicted molar refractivity (Wildman–Crippen MR) is 56.2 cm³/mol. The zero-order valence-corrected chi connectivity index (χ0v) is 8.88. The molecule has 0 aliphatic heterocycles. The average Bonchev–Trinajstić information content (AvgIpc) is 2.64. The lowest BCUT2D eigenvalue weighted by atomic mass is 10.5. The quantitative estimate of drug-likeness (QED) is 0.866. The number of anilines is 1. The number of aryl methyl sites for hydroxylation is 1. The molecule has 15 heavy (non-hydrogen) atoms. The van der Waals surface area contributed by atoms with Gasteiger partial charge in [-0.2, -0.15) is 0 Å². The second-order valence-electron chi connectivity index (χ2n) is 2.94. The van der Waals surface area contributed by atoms with Gasteiger partial charge in [0, 0.05) is 5.38 Å². The maximum Gasteiger partial charge on any atom is 0.223 e. The van der Waals surface area contributed by atoms with Crippen molar-refractivity contribution < 1.29 is 4.39 Å². The van der Waals surface area contributed by atoms with Crippen LogP contribution >= 0.6 is 11.3 Å². The van der Waals surface area contributed by atoms with E-state index < -0.39 is 5.82 Å². The van der Waals surface area contributed by atoms with Crippen LogP contribution in [0.4, 0.5) is 10.3 Å². The molecule has 2 aromatic rings. The van der Waals surface area contributed by atoms with E-state index in [0.717, 1.165) is 23.1 Å². The van der Waals surface area contributed by atoms with E-state index in [4.69, 9.17) is 0 Å². The average molecular weight is 224 g/mol. The summed E-state index contributed by atoms with van der Waals surface area (Å²) in [5.74, 6) is -0.0351. The molecule has 1 N–H and O–H groups in total. The van der Waals surface area contributed by atoms with E-state index in [1.807, 2.05) is 12.3 Å². The second kappa shape index (κ2) is 4.31. The van der Waals surface area contributed by atoms with Gasteiger partial charge < -0.3 is 5.32 Å². The van der Waals surface area contributed by atoms with Crippen LogP contribution in [0.3, 0.4) is 0 Å². The van der Waals surface area contributed by atoms with Crippen LogP contribution in [0.25, 0.3) is 0 Å². The summed E-state index contributed by atoms with van der Waals surface area (Å²) in [7, 11) is 0. The van der Waals surface area contributed by atoms with E-state index in [9.17, 15) is 4.39 Å². The van der Waals surface area contributed by atoms with Gasteiger partial charge in [-0.25, -0.2) is 19.3 Å². The highest BCUT2D eigenvalue weighted by molar-refractivity contribution is 7.09. The van der Waals surface area contributed by atoms with Crippen molar-refractivity contribution in [1.29, 1.82) is 0 Å². The Hall–Kier alpha value is -1.56. The van der Waals surface area contributed by atoms with E-state index in [0.29, 0.717) is 12.5 Å². The monoisotopic (exact) mass is 224 g/mol. The number of hydrogen-bond donors (Lipinski definition) is 1. The number of nitrogens with zero attached hydrogens (tertiary/aromatic N) is 3. The van der Waals surface area contributed by atoms with Gasteiger partial charge in [0.05, 0.1) is 29.6 Å². The number of thiazole rings is 1. The number of hydrogen-bond acceptors (Lipinski definition) is 5. The molecule has 0 aliphatic carbocycles. The third-order valence-electron chi connectivity index (χ3n) is 1.71. The van der Waals surface area contributed by atoms with Gasteiger partial charge >= 0.3 is 0 Å². The molecule has 4 nitrogen and oxygen atoms in total. The normalized spacial score (nSPS) is 10.3. The number of nitrogens with one attached hydrogen (secondary N) is 1. The SMILES string of the molecule is Cc1nc(CNc2ncc(F)cn2)cs1. The minimum atomic E-state index is -0.440. The third-order valence-corrected chi connectivity index (χ3v) is 2.54. The zero-order chi connectivity index (χ0) is 10.7. The molecular formula is C9H9FN4S. The van der Waals surface area contributed by atoms with Crippen LogP contribution < -0.4 is 5.32 Å². The van der Waals surface area contributed by atoms with Gasteiger partial charge in [-0.3, -0.25) is 0 Å². The highest BCUT2D eigenvalue weighted by Gasteiger charge is 2.00. The van der Waals surface area contributed by atoms with Crippen molar-refractivity contribution in [1.82, 2.24) is 15.0 Å². The lowest BCUT2D eigenvalue weighted by Crippen LogP contribution is -2.03. The van der Waals surface area contributed by atoms with Crippen molar-refractivity contribution in [2.24, 2.45) is 0 Å². The first-order chi connectivity index (χ1) is 7.24. The Morgan fingerprint density at radius 2 is 2.13 bits per heavy atom. The molecule has 2 aromatic heterocycles. The fraction of sp³-hybridized carbons (Fsp3) is 0.222. The summed E-state index contributed by atoms with van der Waals surface area (Å²) in [5.41, 5.74) is 0.936. The van der Waals surface area contributed by atoms with Gasteiger partial charge in [0.15, 0.2) is 5.82 Å². The van der Waals surface area contributed by atoms with Crippen molar-refractivity contribution in [3.8, 4) is 0 Å². The highest BCUT2D eigenvalue weighted by atomic mass is 32.1. The molecule has 0 fully saturated rings. The van der Waals surface area contributed by atoms with Gasteiger partial charge in [-0.1, -0.05) is 0 Å². The summed E-state index contributed by atoms with van der Waals surface area (Å²) in [6, 6.07) is 0. The molecule has 0 unspecified atom stereocenters. The van der Waals surface area contributed by atoms with Crippen LogP contribution in [0.1, 0.15) is 10.7 Å². The smallest absolute Gasteiger partial charge is 0.223 e.